The number of phenols is 1. The van der Waals surface area contributed by atoms with Gasteiger partial charge in [0.15, 0.2) is 11.5 Å². The molecule has 6 heteroatoms. The highest BCUT2D eigenvalue weighted by atomic mass is 35.5. The predicted octanol–water partition coefficient (Wildman–Crippen LogP) is 3.53. The third-order valence-corrected chi connectivity index (χ3v) is 5.42. The number of carbonyl (C=O) groups is 1. The van der Waals surface area contributed by atoms with Crippen molar-refractivity contribution in [1.82, 2.24) is 9.80 Å². The van der Waals surface area contributed by atoms with E-state index in [1.54, 1.807) is 6.07 Å². The number of halogens is 1. The Bertz CT molecular complexity index is 849. The maximum absolute atomic E-state index is 12.7. The van der Waals surface area contributed by atoms with Crippen LogP contribution in [0.3, 0.4) is 0 Å². The molecule has 0 atom stereocenters. The maximum atomic E-state index is 12.7. The van der Waals surface area contributed by atoms with Gasteiger partial charge in [0.25, 0.3) is 0 Å². The van der Waals surface area contributed by atoms with Gasteiger partial charge in [0.1, 0.15) is 6.61 Å². The smallest absolute Gasteiger partial charge is 0.237 e. The highest BCUT2D eigenvalue weighted by Gasteiger charge is 2.25. The van der Waals surface area contributed by atoms with Crippen molar-refractivity contribution in [2.45, 2.75) is 19.4 Å². The lowest BCUT2D eigenvalue weighted by atomic mass is 10.0. The summed E-state index contributed by atoms with van der Waals surface area (Å²) in [7, 11) is 0. The molecule has 0 spiro atoms. The number of amides is 1. The molecule has 1 amide bonds. The number of phenolic OH excluding ortho intramolecular Hbond substituents is 1. The number of nitrogens with zero attached hydrogens (tertiary/aromatic N) is 2. The monoisotopic (exact) mass is 386 g/mol. The van der Waals surface area contributed by atoms with E-state index in [1.165, 1.54) is 0 Å². The molecular formula is C21H23ClN2O3. The number of rotatable bonds is 3. The summed E-state index contributed by atoms with van der Waals surface area (Å²) in [4.78, 5) is 16.8. The molecule has 0 unspecified atom stereocenters. The lowest BCUT2D eigenvalue weighted by Gasteiger charge is -2.23. The molecule has 0 aliphatic carbocycles. The minimum Gasteiger partial charge on any atom is -0.504 e. The molecule has 142 valence electrons. The van der Waals surface area contributed by atoms with Crippen molar-refractivity contribution in [3.63, 3.8) is 0 Å². The second-order valence-electron chi connectivity index (χ2n) is 7.14. The van der Waals surface area contributed by atoms with Gasteiger partial charge in [-0.1, -0.05) is 23.7 Å². The highest BCUT2D eigenvalue weighted by Crippen LogP contribution is 2.38. The van der Waals surface area contributed by atoms with Gasteiger partial charge in [-0.3, -0.25) is 9.69 Å². The Labute approximate surface area is 164 Å². The molecule has 1 fully saturated rings. The average molecular weight is 387 g/mol. The summed E-state index contributed by atoms with van der Waals surface area (Å²) >= 11 is 6.11. The summed E-state index contributed by atoms with van der Waals surface area (Å²) in [5.41, 5.74) is 2.59. The van der Waals surface area contributed by atoms with Crippen LogP contribution in [0.1, 0.15) is 18.4 Å². The van der Waals surface area contributed by atoms with Crippen molar-refractivity contribution in [3.05, 3.63) is 47.0 Å². The predicted molar refractivity (Wildman–Crippen MR) is 105 cm³/mol. The van der Waals surface area contributed by atoms with Crippen molar-refractivity contribution < 1.29 is 14.6 Å². The number of carbonyl (C=O) groups excluding carboxylic acids is 1. The molecule has 0 saturated carbocycles. The maximum Gasteiger partial charge on any atom is 0.237 e. The molecule has 2 aliphatic heterocycles. The average Bonchev–Trinajstić information content (AvgIpc) is 3.05. The van der Waals surface area contributed by atoms with E-state index in [1.807, 2.05) is 35.2 Å². The Hall–Kier alpha value is -2.24. The second kappa shape index (κ2) is 7.79. The Kier molecular flexibility index (Phi) is 5.23. The van der Waals surface area contributed by atoms with Crippen molar-refractivity contribution in [1.29, 1.82) is 0 Å². The molecule has 27 heavy (non-hydrogen) atoms. The zero-order chi connectivity index (χ0) is 18.8. The van der Waals surface area contributed by atoms with Gasteiger partial charge in [-0.25, -0.2) is 0 Å². The van der Waals surface area contributed by atoms with Crippen molar-refractivity contribution in [3.8, 4) is 22.6 Å². The SMILES string of the molecule is O=C(CN1CCCC1)N1CCOc2c(O)cc(-c3cccc(Cl)c3)cc2C1. The van der Waals surface area contributed by atoms with Gasteiger partial charge in [0, 0.05) is 17.1 Å². The number of aromatic hydroxyl groups is 1. The molecule has 0 aromatic heterocycles. The van der Waals surface area contributed by atoms with Gasteiger partial charge in [-0.05, 0) is 61.3 Å². The number of fused-ring (bicyclic) bond motifs is 1. The van der Waals surface area contributed by atoms with Crippen molar-refractivity contribution in [2.24, 2.45) is 0 Å². The van der Waals surface area contributed by atoms with E-state index >= 15 is 0 Å². The quantitative estimate of drug-likeness (QED) is 0.876. The van der Waals surface area contributed by atoms with Crippen LogP contribution in [-0.4, -0.2) is 53.6 Å². The number of hydrogen-bond donors (Lipinski definition) is 1. The highest BCUT2D eigenvalue weighted by molar-refractivity contribution is 6.30. The van der Waals surface area contributed by atoms with Crippen molar-refractivity contribution in [2.75, 3.05) is 32.8 Å². The van der Waals surface area contributed by atoms with Gasteiger partial charge < -0.3 is 14.7 Å². The van der Waals surface area contributed by atoms with Crippen LogP contribution < -0.4 is 4.74 Å². The Morgan fingerprint density at radius 3 is 2.70 bits per heavy atom. The Morgan fingerprint density at radius 2 is 1.93 bits per heavy atom. The van der Waals surface area contributed by atoms with Crippen LogP contribution in [0.4, 0.5) is 0 Å². The van der Waals surface area contributed by atoms with Crippen LogP contribution >= 0.6 is 11.6 Å². The van der Waals surface area contributed by atoms with Gasteiger partial charge in [-0.15, -0.1) is 0 Å². The number of hydrogen-bond acceptors (Lipinski definition) is 4. The van der Waals surface area contributed by atoms with Crippen LogP contribution in [0.2, 0.25) is 5.02 Å². The zero-order valence-corrected chi connectivity index (χ0v) is 15.9. The minimum absolute atomic E-state index is 0.0938. The Morgan fingerprint density at radius 1 is 1.11 bits per heavy atom. The van der Waals surface area contributed by atoms with Gasteiger partial charge >= 0.3 is 0 Å². The molecule has 1 saturated heterocycles. The van der Waals surface area contributed by atoms with Crippen LogP contribution in [0.15, 0.2) is 36.4 Å². The summed E-state index contributed by atoms with van der Waals surface area (Å²) in [6.45, 7) is 3.77. The summed E-state index contributed by atoms with van der Waals surface area (Å²) in [5.74, 6) is 0.676. The molecule has 1 N–H and O–H groups in total. The molecular weight excluding hydrogens is 364 g/mol. The van der Waals surface area contributed by atoms with E-state index in [0.717, 1.165) is 42.6 Å². The van der Waals surface area contributed by atoms with E-state index in [4.69, 9.17) is 16.3 Å². The van der Waals surface area contributed by atoms with Crippen LogP contribution in [0.5, 0.6) is 11.5 Å². The molecule has 0 bridgehead atoms. The molecule has 2 aromatic carbocycles. The standard InChI is InChI=1S/C21H23ClN2O3/c22-18-5-3-4-15(11-18)16-10-17-13-24(8-9-27-21(17)19(25)12-16)20(26)14-23-6-1-2-7-23/h3-5,10-12,25H,1-2,6-9,13-14H2. The second-order valence-corrected chi connectivity index (χ2v) is 7.58. The van der Waals surface area contributed by atoms with Crippen LogP contribution in [-0.2, 0) is 11.3 Å². The van der Waals surface area contributed by atoms with E-state index < -0.39 is 0 Å². The first-order chi connectivity index (χ1) is 13.1. The van der Waals surface area contributed by atoms with E-state index in [-0.39, 0.29) is 11.7 Å². The Balaban J connectivity index is 1.59. The lowest BCUT2D eigenvalue weighted by Crippen LogP contribution is -2.40. The van der Waals surface area contributed by atoms with E-state index in [9.17, 15) is 9.90 Å². The fourth-order valence-corrected chi connectivity index (χ4v) is 3.97. The third kappa shape index (κ3) is 4.04. The van der Waals surface area contributed by atoms with Gasteiger partial charge in [0.05, 0.1) is 13.1 Å². The van der Waals surface area contributed by atoms with E-state index in [0.29, 0.717) is 37.0 Å². The summed E-state index contributed by atoms with van der Waals surface area (Å²) in [6.07, 6.45) is 2.33. The van der Waals surface area contributed by atoms with Gasteiger partial charge in [-0.2, -0.15) is 0 Å². The topological polar surface area (TPSA) is 53.0 Å². The number of likely N-dealkylation sites (tertiary alicyclic amines) is 1. The van der Waals surface area contributed by atoms with Crippen molar-refractivity contribution >= 4 is 17.5 Å². The number of benzene rings is 2. The molecule has 4 rings (SSSR count). The minimum atomic E-state index is 0.0938. The summed E-state index contributed by atoms with van der Waals surface area (Å²) < 4.78 is 5.76. The molecule has 2 aromatic rings. The van der Waals surface area contributed by atoms with E-state index in [2.05, 4.69) is 4.90 Å². The summed E-state index contributed by atoms with van der Waals surface area (Å²) in [6, 6.07) is 11.2. The third-order valence-electron chi connectivity index (χ3n) is 5.18. The summed E-state index contributed by atoms with van der Waals surface area (Å²) in [5, 5.41) is 11.1. The van der Waals surface area contributed by atoms with Crippen LogP contribution in [0.25, 0.3) is 11.1 Å². The van der Waals surface area contributed by atoms with Gasteiger partial charge in [0.2, 0.25) is 5.91 Å². The number of ether oxygens (including phenoxy) is 1. The fourth-order valence-electron chi connectivity index (χ4n) is 3.78. The zero-order valence-electron chi connectivity index (χ0n) is 15.2. The van der Waals surface area contributed by atoms with Crippen LogP contribution in [0, 0.1) is 0 Å². The molecule has 2 aliphatic rings. The molecule has 2 heterocycles. The molecule has 0 radical (unpaired) electrons. The fraction of sp³-hybridized carbons (Fsp3) is 0.381. The first kappa shape index (κ1) is 18.1. The first-order valence-corrected chi connectivity index (χ1v) is 9.73. The lowest BCUT2D eigenvalue weighted by molar-refractivity contribution is -0.132. The molecule has 5 nitrogen and oxygen atoms in total. The largest absolute Gasteiger partial charge is 0.504 e. The normalized spacial score (nSPS) is 17.3. The first-order valence-electron chi connectivity index (χ1n) is 9.35.